The van der Waals surface area contributed by atoms with E-state index in [9.17, 15) is 13.5 Å². The maximum absolute atomic E-state index is 12.9. The summed E-state index contributed by atoms with van der Waals surface area (Å²) in [4.78, 5) is 0.255. The van der Waals surface area contributed by atoms with E-state index in [4.69, 9.17) is 4.74 Å². The van der Waals surface area contributed by atoms with E-state index >= 15 is 0 Å². The lowest BCUT2D eigenvalue weighted by Gasteiger charge is -2.32. The number of ether oxygens (including phenoxy) is 1. The summed E-state index contributed by atoms with van der Waals surface area (Å²) in [5.74, 6) is -1.71. The van der Waals surface area contributed by atoms with Gasteiger partial charge in [-0.1, -0.05) is 24.3 Å². The number of allylic oxidation sites excluding steroid dienone is 1. The molecule has 1 saturated carbocycles. The van der Waals surface area contributed by atoms with Gasteiger partial charge in [0.2, 0.25) is 0 Å². The fourth-order valence-electron chi connectivity index (χ4n) is 3.27. The summed E-state index contributed by atoms with van der Waals surface area (Å²) in [6, 6.07) is 8.31. The van der Waals surface area contributed by atoms with Gasteiger partial charge in [0.15, 0.2) is 15.6 Å². The predicted molar refractivity (Wildman–Crippen MR) is 74.8 cm³/mol. The summed E-state index contributed by atoms with van der Waals surface area (Å²) < 4.78 is 30.1. The highest BCUT2D eigenvalue weighted by molar-refractivity contribution is 7.93. The first-order valence-corrected chi connectivity index (χ1v) is 8.23. The van der Waals surface area contributed by atoms with Gasteiger partial charge in [0.25, 0.3) is 0 Å². The third-order valence-electron chi connectivity index (χ3n) is 4.45. The first-order valence-electron chi connectivity index (χ1n) is 6.75. The Bertz CT molecular complexity index is 625. The van der Waals surface area contributed by atoms with Gasteiger partial charge in [-0.2, -0.15) is 0 Å². The monoisotopic (exact) mass is 294 g/mol. The van der Waals surface area contributed by atoms with Crippen molar-refractivity contribution in [3.8, 4) is 0 Å². The summed E-state index contributed by atoms with van der Waals surface area (Å²) in [6.07, 6.45) is 2.92. The SMILES string of the molecule is C=CCC[C@@]1(O)OC[C@H]2C[C@]21S(=O)(=O)c1ccccc1. The molecule has 2 aliphatic rings. The molecule has 5 heteroatoms. The van der Waals surface area contributed by atoms with E-state index in [0.29, 0.717) is 19.4 Å². The van der Waals surface area contributed by atoms with Gasteiger partial charge in [-0.15, -0.1) is 6.58 Å². The van der Waals surface area contributed by atoms with Gasteiger partial charge < -0.3 is 9.84 Å². The second kappa shape index (κ2) is 4.41. The van der Waals surface area contributed by atoms with E-state index in [1.165, 1.54) is 0 Å². The first kappa shape index (κ1) is 13.8. The maximum Gasteiger partial charge on any atom is 0.189 e. The van der Waals surface area contributed by atoms with Crippen LogP contribution in [-0.2, 0) is 14.6 Å². The molecule has 1 N–H and O–H groups in total. The van der Waals surface area contributed by atoms with Gasteiger partial charge in [-0.25, -0.2) is 8.42 Å². The predicted octanol–water partition coefficient (Wildman–Crippen LogP) is 1.90. The summed E-state index contributed by atoms with van der Waals surface area (Å²) in [5, 5.41) is 10.7. The molecule has 3 rings (SSSR count). The number of sulfone groups is 1. The summed E-state index contributed by atoms with van der Waals surface area (Å²) in [7, 11) is -3.61. The molecule has 1 heterocycles. The highest BCUT2D eigenvalue weighted by atomic mass is 32.2. The molecule has 0 aromatic heterocycles. The Morgan fingerprint density at radius 3 is 2.70 bits per heavy atom. The van der Waals surface area contributed by atoms with E-state index in [-0.39, 0.29) is 17.2 Å². The summed E-state index contributed by atoms with van der Waals surface area (Å²) >= 11 is 0. The molecule has 0 radical (unpaired) electrons. The van der Waals surface area contributed by atoms with Crippen molar-refractivity contribution in [1.29, 1.82) is 0 Å². The fourth-order valence-corrected chi connectivity index (χ4v) is 5.71. The molecule has 4 nitrogen and oxygen atoms in total. The Hall–Kier alpha value is -1.17. The molecule has 0 bridgehead atoms. The van der Waals surface area contributed by atoms with Crippen molar-refractivity contribution in [2.24, 2.45) is 5.92 Å². The average Bonchev–Trinajstić information content (AvgIpc) is 3.15. The van der Waals surface area contributed by atoms with Gasteiger partial charge in [-0.05, 0) is 25.0 Å². The topological polar surface area (TPSA) is 63.6 Å². The first-order chi connectivity index (χ1) is 9.48. The van der Waals surface area contributed by atoms with Crippen LogP contribution in [0.1, 0.15) is 19.3 Å². The Kier molecular flexibility index (Phi) is 3.04. The van der Waals surface area contributed by atoms with Crippen molar-refractivity contribution in [2.75, 3.05) is 6.61 Å². The van der Waals surface area contributed by atoms with Gasteiger partial charge >= 0.3 is 0 Å². The number of benzene rings is 1. The molecule has 1 aliphatic heterocycles. The van der Waals surface area contributed by atoms with Crippen molar-refractivity contribution in [3.05, 3.63) is 43.0 Å². The van der Waals surface area contributed by atoms with E-state index < -0.39 is 20.4 Å². The molecule has 2 fully saturated rings. The average molecular weight is 294 g/mol. The van der Waals surface area contributed by atoms with Crippen molar-refractivity contribution in [1.82, 2.24) is 0 Å². The Balaban J connectivity index is 2.03. The fraction of sp³-hybridized carbons (Fsp3) is 0.467. The van der Waals surface area contributed by atoms with Gasteiger partial charge in [-0.3, -0.25) is 0 Å². The van der Waals surface area contributed by atoms with Crippen LogP contribution < -0.4 is 0 Å². The Morgan fingerprint density at radius 1 is 1.40 bits per heavy atom. The Labute approximate surface area is 119 Å². The minimum Gasteiger partial charge on any atom is -0.364 e. The highest BCUT2D eigenvalue weighted by Crippen LogP contribution is 2.64. The number of hydrogen-bond donors (Lipinski definition) is 1. The van der Waals surface area contributed by atoms with E-state index in [0.717, 1.165) is 0 Å². The zero-order valence-corrected chi connectivity index (χ0v) is 12.0. The third-order valence-corrected chi connectivity index (χ3v) is 7.12. The smallest absolute Gasteiger partial charge is 0.189 e. The molecule has 1 aliphatic carbocycles. The molecule has 3 atom stereocenters. The standard InChI is InChI=1S/C15H18O4S/c1-2-3-9-15(16)14(10-12(14)11-19-15)20(17,18)13-7-5-4-6-8-13/h2,4-8,12,16H,1,3,9-11H2/t12-,14+,15-/m1/s1. The van der Waals surface area contributed by atoms with Crippen LogP contribution in [0.4, 0.5) is 0 Å². The van der Waals surface area contributed by atoms with E-state index in [2.05, 4.69) is 6.58 Å². The third kappa shape index (κ3) is 1.63. The van der Waals surface area contributed by atoms with Crippen LogP contribution in [0.25, 0.3) is 0 Å². The van der Waals surface area contributed by atoms with Crippen LogP contribution in [0.15, 0.2) is 47.9 Å². The maximum atomic E-state index is 12.9. The molecular formula is C15H18O4S. The van der Waals surface area contributed by atoms with Crippen LogP contribution in [-0.4, -0.2) is 30.7 Å². The largest absolute Gasteiger partial charge is 0.364 e. The van der Waals surface area contributed by atoms with Gasteiger partial charge in [0.05, 0.1) is 11.5 Å². The normalized spacial score (nSPS) is 35.5. The molecule has 20 heavy (non-hydrogen) atoms. The summed E-state index contributed by atoms with van der Waals surface area (Å²) in [6.45, 7) is 3.92. The number of rotatable bonds is 5. The van der Waals surface area contributed by atoms with Crippen LogP contribution in [0, 0.1) is 5.92 Å². The second-order valence-corrected chi connectivity index (χ2v) is 7.74. The quantitative estimate of drug-likeness (QED) is 0.843. The van der Waals surface area contributed by atoms with E-state index in [1.807, 2.05) is 0 Å². The number of fused-ring (bicyclic) bond motifs is 1. The molecule has 0 unspecified atom stereocenters. The lowest BCUT2D eigenvalue weighted by Crippen LogP contribution is -2.48. The molecule has 0 amide bonds. The molecule has 1 saturated heterocycles. The lowest BCUT2D eigenvalue weighted by molar-refractivity contribution is -0.188. The van der Waals surface area contributed by atoms with Crippen LogP contribution >= 0.6 is 0 Å². The van der Waals surface area contributed by atoms with Gasteiger partial charge in [0.1, 0.15) is 4.75 Å². The molecule has 108 valence electrons. The molecule has 0 spiro atoms. The van der Waals surface area contributed by atoms with Crippen LogP contribution in [0.5, 0.6) is 0 Å². The van der Waals surface area contributed by atoms with Crippen molar-refractivity contribution >= 4 is 9.84 Å². The second-order valence-electron chi connectivity index (χ2n) is 5.53. The van der Waals surface area contributed by atoms with Crippen LogP contribution in [0.2, 0.25) is 0 Å². The van der Waals surface area contributed by atoms with Crippen LogP contribution in [0.3, 0.4) is 0 Å². The zero-order chi connectivity index (χ0) is 14.4. The molecule has 1 aromatic carbocycles. The van der Waals surface area contributed by atoms with Crippen molar-refractivity contribution < 1.29 is 18.3 Å². The number of hydrogen-bond acceptors (Lipinski definition) is 4. The lowest BCUT2D eigenvalue weighted by atomic mass is 10.0. The summed E-state index contributed by atoms with van der Waals surface area (Å²) in [5.41, 5.74) is 0. The minimum atomic E-state index is -3.61. The highest BCUT2D eigenvalue weighted by Gasteiger charge is 2.78. The van der Waals surface area contributed by atoms with E-state index in [1.54, 1.807) is 36.4 Å². The Morgan fingerprint density at radius 2 is 2.10 bits per heavy atom. The zero-order valence-electron chi connectivity index (χ0n) is 11.2. The molecule has 1 aromatic rings. The van der Waals surface area contributed by atoms with Crippen molar-refractivity contribution in [2.45, 2.75) is 34.7 Å². The number of aliphatic hydroxyl groups is 1. The minimum absolute atomic E-state index is 0.109. The van der Waals surface area contributed by atoms with Crippen molar-refractivity contribution in [3.63, 3.8) is 0 Å². The molecular weight excluding hydrogens is 276 g/mol. The van der Waals surface area contributed by atoms with Gasteiger partial charge in [0, 0.05) is 12.3 Å².